The molecule has 0 spiro atoms. The Bertz CT molecular complexity index is 457. The largest absolute Gasteiger partial charge is 0.356 e. The van der Waals surface area contributed by atoms with Crippen molar-refractivity contribution in [3.63, 3.8) is 0 Å². The van der Waals surface area contributed by atoms with Crippen LogP contribution >= 0.6 is 0 Å². The highest BCUT2D eigenvalue weighted by Gasteiger charge is 2.18. The van der Waals surface area contributed by atoms with E-state index < -0.39 is 0 Å². The lowest BCUT2D eigenvalue weighted by molar-refractivity contribution is 0.455. The van der Waals surface area contributed by atoms with Gasteiger partial charge in [0.1, 0.15) is 0 Å². The average Bonchev–Trinajstić information content (AvgIpc) is 2.78. The molecule has 0 radical (unpaired) electrons. The summed E-state index contributed by atoms with van der Waals surface area (Å²) < 4.78 is 5.18. The van der Waals surface area contributed by atoms with Gasteiger partial charge in [-0.15, -0.1) is 0 Å². The van der Waals surface area contributed by atoms with Crippen molar-refractivity contribution in [1.82, 2.24) is 10.5 Å². The predicted octanol–water partition coefficient (Wildman–Crippen LogP) is 2.29. The molecule has 78 valence electrons. The van der Waals surface area contributed by atoms with Crippen LogP contribution in [0.5, 0.6) is 0 Å². The highest BCUT2D eigenvalue weighted by molar-refractivity contribution is 5.80. The van der Waals surface area contributed by atoms with E-state index in [1.807, 2.05) is 12.3 Å². The van der Waals surface area contributed by atoms with Gasteiger partial charge in [-0.05, 0) is 36.9 Å². The first-order valence-corrected chi connectivity index (χ1v) is 5.49. The number of hydrogen-bond donors (Lipinski definition) is 1. The smallest absolute Gasteiger partial charge is 0.167 e. The average molecular weight is 202 g/mol. The zero-order valence-corrected chi connectivity index (χ0v) is 8.57. The lowest BCUT2D eigenvalue weighted by atomic mass is 9.90. The second-order valence-electron chi connectivity index (χ2n) is 4.13. The fourth-order valence-corrected chi connectivity index (χ4v) is 2.39. The van der Waals surface area contributed by atoms with E-state index in [9.17, 15) is 0 Å². The molecule has 2 heterocycles. The van der Waals surface area contributed by atoms with Crippen LogP contribution in [0.15, 0.2) is 28.9 Å². The first-order valence-electron chi connectivity index (χ1n) is 5.49. The van der Waals surface area contributed by atoms with Gasteiger partial charge < -0.3 is 9.84 Å². The molecular formula is C12H14N2O. The van der Waals surface area contributed by atoms with Crippen molar-refractivity contribution in [1.29, 1.82) is 0 Å². The third-order valence-corrected chi connectivity index (χ3v) is 3.17. The Balaban J connectivity index is 2.05. The van der Waals surface area contributed by atoms with Crippen LogP contribution in [0, 0.1) is 0 Å². The highest BCUT2D eigenvalue weighted by atomic mass is 16.5. The second kappa shape index (κ2) is 3.66. The third kappa shape index (κ3) is 1.53. The summed E-state index contributed by atoms with van der Waals surface area (Å²) in [5.41, 5.74) is 2.28. The van der Waals surface area contributed by atoms with Crippen molar-refractivity contribution in [3.05, 3.63) is 30.0 Å². The van der Waals surface area contributed by atoms with E-state index in [0.717, 1.165) is 18.7 Å². The van der Waals surface area contributed by atoms with E-state index in [1.54, 1.807) is 0 Å². The molecule has 0 amide bonds. The van der Waals surface area contributed by atoms with Crippen LogP contribution in [0.4, 0.5) is 0 Å². The normalized spacial score (nSPS) is 22.0. The molecule has 1 atom stereocenters. The molecule has 2 aromatic rings. The van der Waals surface area contributed by atoms with Crippen molar-refractivity contribution in [2.24, 2.45) is 0 Å². The molecule has 1 saturated heterocycles. The first-order chi connectivity index (χ1) is 7.45. The van der Waals surface area contributed by atoms with Crippen LogP contribution in [0.25, 0.3) is 11.0 Å². The number of fused-ring (bicyclic) bond motifs is 1. The summed E-state index contributed by atoms with van der Waals surface area (Å²) in [6.07, 6.45) is 4.35. The summed E-state index contributed by atoms with van der Waals surface area (Å²) in [7, 11) is 0. The Labute approximate surface area is 88.4 Å². The molecule has 3 heteroatoms. The maximum absolute atomic E-state index is 5.18. The molecule has 0 bridgehead atoms. The Morgan fingerprint density at radius 3 is 3.27 bits per heavy atom. The number of rotatable bonds is 1. The molecule has 1 aliphatic rings. The van der Waals surface area contributed by atoms with Gasteiger partial charge in [-0.1, -0.05) is 17.3 Å². The summed E-state index contributed by atoms with van der Waals surface area (Å²) in [5.74, 6) is 0.613. The monoisotopic (exact) mass is 202 g/mol. The van der Waals surface area contributed by atoms with Crippen molar-refractivity contribution < 1.29 is 4.52 Å². The van der Waals surface area contributed by atoms with Crippen molar-refractivity contribution >= 4 is 11.0 Å². The van der Waals surface area contributed by atoms with Crippen LogP contribution < -0.4 is 5.32 Å². The van der Waals surface area contributed by atoms with E-state index in [0.29, 0.717) is 5.92 Å². The SMILES string of the molecule is c1cc(C2CCCNC2)c2cnoc2c1. The summed E-state index contributed by atoms with van der Waals surface area (Å²) >= 11 is 0. The highest BCUT2D eigenvalue weighted by Crippen LogP contribution is 2.29. The van der Waals surface area contributed by atoms with Gasteiger partial charge in [0.05, 0.1) is 6.20 Å². The zero-order chi connectivity index (χ0) is 10.1. The van der Waals surface area contributed by atoms with Gasteiger partial charge in [0.2, 0.25) is 0 Å². The molecule has 1 aromatic carbocycles. The molecule has 3 rings (SSSR count). The maximum Gasteiger partial charge on any atom is 0.167 e. The van der Waals surface area contributed by atoms with Gasteiger partial charge in [0.25, 0.3) is 0 Å². The molecule has 15 heavy (non-hydrogen) atoms. The fourth-order valence-electron chi connectivity index (χ4n) is 2.39. The van der Waals surface area contributed by atoms with Crippen molar-refractivity contribution in [3.8, 4) is 0 Å². The van der Waals surface area contributed by atoms with Gasteiger partial charge in [0.15, 0.2) is 5.58 Å². The molecule has 0 saturated carbocycles. The van der Waals surface area contributed by atoms with E-state index in [-0.39, 0.29) is 0 Å². The van der Waals surface area contributed by atoms with E-state index in [4.69, 9.17) is 4.52 Å². The Morgan fingerprint density at radius 1 is 1.40 bits per heavy atom. The minimum Gasteiger partial charge on any atom is -0.356 e. The predicted molar refractivity (Wildman–Crippen MR) is 58.9 cm³/mol. The zero-order valence-electron chi connectivity index (χ0n) is 8.57. The number of aromatic nitrogens is 1. The molecular weight excluding hydrogens is 188 g/mol. The molecule has 1 aromatic heterocycles. The second-order valence-corrected chi connectivity index (χ2v) is 4.13. The van der Waals surface area contributed by atoms with Crippen LogP contribution in [0.3, 0.4) is 0 Å². The van der Waals surface area contributed by atoms with E-state index in [2.05, 4.69) is 22.6 Å². The number of hydrogen-bond acceptors (Lipinski definition) is 3. The summed E-state index contributed by atoms with van der Waals surface area (Å²) in [6.45, 7) is 2.22. The Hall–Kier alpha value is -1.35. The van der Waals surface area contributed by atoms with Crippen LogP contribution in [0.2, 0.25) is 0 Å². The topological polar surface area (TPSA) is 38.1 Å². The number of nitrogens with zero attached hydrogens (tertiary/aromatic N) is 1. The van der Waals surface area contributed by atoms with Gasteiger partial charge in [0, 0.05) is 11.9 Å². The summed E-state index contributed by atoms with van der Waals surface area (Å²) in [4.78, 5) is 0. The number of nitrogens with one attached hydrogen (secondary N) is 1. The van der Waals surface area contributed by atoms with Crippen molar-refractivity contribution in [2.75, 3.05) is 13.1 Å². The summed E-state index contributed by atoms with van der Waals surface area (Å²) in [5, 5.41) is 8.47. The van der Waals surface area contributed by atoms with Crippen molar-refractivity contribution in [2.45, 2.75) is 18.8 Å². The lowest BCUT2D eigenvalue weighted by Gasteiger charge is -2.23. The van der Waals surface area contributed by atoms with Gasteiger partial charge >= 0.3 is 0 Å². The van der Waals surface area contributed by atoms with Crippen LogP contribution in [-0.4, -0.2) is 18.2 Å². The molecule has 1 N–H and O–H groups in total. The molecule has 0 aliphatic carbocycles. The quantitative estimate of drug-likeness (QED) is 0.771. The molecule has 1 fully saturated rings. The minimum absolute atomic E-state index is 0.613. The van der Waals surface area contributed by atoms with Crippen LogP contribution in [-0.2, 0) is 0 Å². The molecule has 1 unspecified atom stereocenters. The lowest BCUT2D eigenvalue weighted by Crippen LogP contribution is -2.28. The van der Waals surface area contributed by atoms with Crippen LogP contribution in [0.1, 0.15) is 24.3 Å². The minimum atomic E-state index is 0.613. The molecule has 3 nitrogen and oxygen atoms in total. The number of benzene rings is 1. The Morgan fingerprint density at radius 2 is 2.40 bits per heavy atom. The van der Waals surface area contributed by atoms with E-state index >= 15 is 0 Å². The number of piperidine rings is 1. The van der Waals surface area contributed by atoms with Gasteiger partial charge in [-0.2, -0.15) is 0 Å². The maximum atomic E-state index is 5.18. The summed E-state index contributed by atoms with van der Waals surface area (Å²) in [6, 6.07) is 6.22. The standard InChI is InChI=1S/C12H14N2O/c1-4-10(9-3-2-6-13-7-9)11-8-14-15-12(11)5-1/h1,4-5,8-9,13H,2-3,6-7H2. The Kier molecular flexibility index (Phi) is 2.18. The fraction of sp³-hybridized carbons (Fsp3) is 0.417. The third-order valence-electron chi connectivity index (χ3n) is 3.17. The van der Waals surface area contributed by atoms with E-state index in [1.165, 1.54) is 23.8 Å². The van der Waals surface area contributed by atoms with Gasteiger partial charge in [-0.25, -0.2) is 0 Å². The van der Waals surface area contributed by atoms with Gasteiger partial charge in [-0.3, -0.25) is 0 Å². The first kappa shape index (κ1) is 8.92. The molecule has 1 aliphatic heterocycles.